The highest BCUT2D eigenvalue weighted by Crippen LogP contribution is 2.26. The van der Waals surface area contributed by atoms with Crippen LogP contribution in [0.15, 0.2) is 18.2 Å². The number of carboxylic acids is 1. The second-order valence-electron chi connectivity index (χ2n) is 3.08. The average Bonchev–Trinajstić information content (AvgIpc) is 2.01. The van der Waals surface area contributed by atoms with Crippen LogP contribution in [0.2, 0.25) is 5.02 Å². The van der Waals surface area contributed by atoms with Gasteiger partial charge in [-0.15, -0.1) is 0 Å². The highest BCUT2D eigenvalue weighted by molar-refractivity contribution is 6.33. The van der Waals surface area contributed by atoms with Gasteiger partial charge < -0.3 is 9.84 Å². The molecule has 0 aliphatic heterocycles. The van der Waals surface area contributed by atoms with Crippen LogP contribution in [-0.4, -0.2) is 17.2 Å². The first-order valence-corrected chi connectivity index (χ1v) is 4.58. The van der Waals surface area contributed by atoms with Gasteiger partial charge in [-0.05, 0) is 26.0 Å². The van der Waals surface area contributed by atoms with Crippen LogP contribution in [0, 0.1) is 0 Å². The summed E-state index contributed by atoms with van der Waals surface area (Å²) in [4.78, 5) is 10.9. The van der Waals surface area contributed by atoms with Crippen LogP contribution in [-0.2, 0) is 0 Å². The van der Waals surface area contributed by atoms with Gasteiger partial charge in [0.25, 0.3) is 0 Å². The maximum Gasteiger partial charge on any atom is 0.341 e. The van der Waals surface area contributed by atoms with E-state index in [1.807, 2.05) is 13.8 Å². The van der Waals surface area contributed by atoms with E-state index in [0.29, 0.717) is 5.75 Å². The molecule has 0 atom stereocenters. The zero-order valence-corrected chi connectivity index (χ0v) is 8.71. The molecule has 1 aromatic carbocycles. The van der Waals surface area contributed by atoms with Crippen LogP contribution in [0.25, 0.3) is 0 Å². The second kappa shape index (κ2) is 4.33. The zero-order chi connectivity index (χ0) is 10.7. The predicted molar refractivity (Wildman–Crippen MR) is 54.2 cm³/mol. The number of hydrogen-bond donors (Lipinski definition) is 1. The molecule has 14 heavy (non-hydrogen) atoms. The molecule has 4 heteroatoms. The number of halogens is 1. The Kier molecular flexibility index (Phi) is 3.36. The number of aromatic carboxylic acids is 1. The van der Waals surface area contributed by atoms with Gasteiger partial charge in [0.15, 0.2) is 0 Å². The van der Waals surface area contributed by atoms with E-state index in [4.69, 9.17) is 21.4 Å². The minimum absolute atomic E-state index is 0.0165. The Morgan fingerprint density at radius 3 is 2.64 bits per heavy atom. The SMILES string of the molecule is CC(C)Oc1cccc(Cl)c1C(=O)O. The van der Waals surface area contributed by atoms with Crippen LogP contribution < -0.4 is 4.74 Å². The van der Waals surface area contributed by atoms with Gasteiger partial charge in [-0.1, -0.05) is 17.7 Å². The maximum absolute atomic E-state index is 10.9. The largest absolute Gasteiger partial charge is 0.490 e. The Morgan fingerprint density at radius 1 is 1.50 bits per heavy atom. The molecule has 0 saturated carbocycles. The molecule has 0 unspecified atom stereocenters. The topological polar surface area (TPSA) is 46.5 Å². The van der Waals surface area contributed by atoms with Crippen LogP contribution in [0.1, 0.15) is 24.2 Å². The van der Waals surface area contributed by atoms with Gasteiger partial charge >= 0.3 is 5.97 Å². The molecular formula is C10H11ClO3. The van der Waals surface area contributed by atoms with Crippen molar-refractivity contribution in [2.45, 2.75) is 20.0 Å². The summed E-state index contributed by atoms with van der Waals surface area (Å²) >= 11 is 5.75. The van der Waals surface area contributed by atoms with Crippen LogP contribution >= 0.6 is 11.6 Å². The smallest absolute Gasteiger partial charge is 0.341 e. The fourth-order valence-electron chi connectivity index (χ4n) is 1.06. The van der Waals surface area contributed by atoms with Gasteiger partial charge in [0, 0.05) is 0 Å². The zero-order valence-electron chi connectivity index (χ0n) is 7.95. The van der Waals surface area contributed by atoms with Gasteiger partial charge in [-0.3, -0.25) is 0 Å². The summed E-state index contributed by atoms with van der Waals surface area (Å²) in [5.41, 5.74) is 0.0165. The van der Waals surface area contributed by atoms with Crippen molar-refractivity contribution in [2.75, 3.05) is 0 Å². The van der Waals surface area contributed by atoms with Crippen molar-refractivity contribution in [1.82, 2.24) is 0 Å². The van der Waals surface area contributed by atoms with Gasteiger partial charge in [0.1, 0.15) is 11.3 Å². The fraction of sp³-hybridized carbons (Fsp3) is 0.300. The van der Waals surface area contributed by atoms with Crippen molar-refractivity contribution in [1.29, 1.82) is 0 Å². The van der Waals surface area contributed by atoms with E-state index in [-0.39, 0.29) is 16.7 Å². The average molecular weight is 215 g/mol. The fourth-order valence-corrected chi connectivity index (χ4v) is 1.31. The Hall–Kier alpha value is -1.22. The van der Waals surface area contributed by atoms with E-state index in [1.165, 1.54) is 6.07 Å². The van der Waals surface area contributed by atoms with E-state index in [2.05, 4.69) is 0 Å². The normalized spacial score (nSPS) is 10.3. The Balaban J connectivity index is 3.14. The lowest BCUT2D eigenvalue weighted by molar-refractivity contribution is 0.0691. The summed E-state index contributed by atoms with van der Waals surface area (Å²) in [6.07, 6.45) is -0.0773. The molecule has 1 N–H and O–H groups in total. The standard InChI is InChI=1S/C10H11ClO3/c1-6(2)14-8-5-3-4-7(11)9(8)10(12)13/h3-6H,1-2H3,(H,12,13). The molecule has 0 radical (unpaired) electrons. The van der Waals surface area contributed by atoms with E-state index in [0.717, 1.165) is 0 Å². The van der Waals surface area contributed by atoms with Gasteiger partial charge in [0.05, 0.1) is 11.1 Å². The highest BCUT2D eigenvalue weighted by atomic mass is 35.5. The molecule has 0 fully saturated rings. The van der Waals surface area contributed by atoms with Gasteiger partial charge in [-0.2, -0.15) is 0 Å². The molecular weight excluding hydrogens is 204 g/mol. The molecule has 0 bridgehead atoms. The summed E-state index contributed by atoms with van der Waals surface area (Å²) in [5, 5.41) is 9.09. The summed E-state index contributed by atoms with van der Waals surface area (Å²) in [6, 6.07) is 4.78. The first-order chi connectivity index (χ1) is 6.52. The number of carbonyl (C=O) groups is 1. The number of hydrogen-bond acceptors (Lipinski definition) is 2. The van der Waals surface area contributed by atoms with Crippen LogP contribution in [0.3, 0.4) is 0 Å². The van der Waals surface area contributed by atoms with E-state index < -0.39 is 5.97 Å². The molecule has 1 aromatic rings. The number of carboxylic acid groups (broad SMARTS) is 1. The predicted octanol–water partition coefficient (Wildman–Crippen LogP) is 2.83. The third kappa shape index (κ3) is 2.39. The van der Waals surface area contributed by atoms with E-state index in [1.54, 1.807) is 12.1 Å². The Labute approximate surface area is 87.3 Å². The molecule has 0 heterocycles. The van der Waals surface area contributed by atoms with Crippen molar-refractivity contribution in [2.24, 2.45) is 0 Å². The summed E-state index contributed by atoms with van der Waals surface area (Å²) in [5.74, 6) is -0.772. The summed E-state index contributed by atoms with van der Waals surface area (Å²) in [7, 11) is 0. The molecule has 3 nitrogen and oxygen atoms in total. The molecule has 0 saturated heterocycles. The van der Waals surface area contributed by atoms with Crippen molar-refractivity contribution < 1.29 is 14.6 Å². The maximum atomic E-state index is 10.9. The first-order valence-electron chi connectivity index (χ1n) is 4.21. The molecule has 1 rings (SSSR count). The first kappa shape index (κ1) is 10.9. The van der Waals surface area contributed by atoms with E-state index in [9.17, 15) is 4.79 Å². The van der Waals surface area contributed by atoms with Crippen molar-refractivity contribution in [3.8, 4) is 5.75 Å². The molecule has 0 amide bonds. The lowest BCUT2D eigenvalue weighted by Gasteiger charge is -2.12. The van der Waals surface area contributed by atoms with Crippen LogP contribution in [0.4, 0.5) is 0 Å². The lowest BCUT2D eigenvalue weighted by Crippen LogP contribution is -2.10. The summed E-state index contributed by atoms with van der Waals surface area (Å²) < 4.78 is 5.32. The minimum Gasteiger partial charge on any atom is -0.490 e. The minimum atomic E-state index is -1.08. The van der Waals surface area contributed by atoms with Crippen molar-refractivity contribution >= 4 is 17.6 Å². The summed E-state index contributed by atoms with van der Waals surface area (Å²) in [6.45, 7) is 3.65. The molecule has 76 valence electrons. The van der Waals surface area contributed by atoms with Gasteiger partial charge in [0.2, 0.25) is 0 Å². The van der Waals surface area contributed by atoms with Gasteiger partial charge in [-0.25, -0.2) is 4.79 Å². The highest BCUT2D eigenvalue weighted by Gasteiger charge is 2.15. The third-order valence-electron chi connectivity index (χ3n) is 1.55. The second-order valence-corrected chi connectivity index (χ2v) is 3.49. The monoisotopic (exact) mass is 214 g/mol. The Bertz CT molecular complexity index is 347. The Morgan fingerprint density at radius 2 is 2.14 bits per heavy atom. The third-order valence-corrected chi connectivity index (χ3v) is 1.87. The molecule has 0 spiro atoms. The quantitative estimate of drug-likeness (QED) is 0.842. The van der Waals surface area contributed by atoms with Crippen LogP contribution in [0.5, 0.6) is 5.75 Å². The van der Waals surface area contributed by atoms with Crippen molar-refractivity contribution in [3.05, 3.63) is 28.8 Å². The molecule has 0 aromatic heterocycles. The number of rotatable bonds is 3. The number of ether oxygens (including phenoxy) is 1. The number of benzene rings is 1. The lowest BCUT2D eigenvalue weighted by atomic mass is 10.2. The molecule has 0 aliphatic carbocycles. The molecule has 0 aliphatic rings. The van der Waals surface area contributed by atoms with Crippen molar-refractivity contribution in [3.63, 3.8) is 0 Å². The van der Waals surface area contributed by atoms with E-state index >= 15 is 0 Å².